The van der Waals surface area contributed by atoms with Gasteiger partial charge in [-0.1, -0.05) is 18.2 Å². The zero-order valence-corrected chi connectivity index (χ0v) is 23.5. The van der Waals surface area contributed by atoms with Gasteiger partial charge in [0.15, 0.2) is 11.5 Å². The highest BCUT2D eigenvalue weighted by atomic mass is 32.2. The first kappa shape index (κ1) is 28.9. The molecule has 0 radical (unpaired) electrons. The number of sulfonamides is 1. The SMILES string of the molecule is COc1ccc(CCNC(=O)c2ccccc2NC(=O)c2cc(S(=O)(=O)N3CCCC3)ccc2OC)cc1OC. The number of amides is 2. The third kappa shape index (κ3) is 6.37. The zero-order valence-electron chi connectivity index (χ0n) is 22.7. The maximum atomic E-state index is 13.3. The summed E-state index contributed by atoms with van der Waals surface area (Å²) >= 11 is 0. The molecular formula is C29H33N3O7S. The first-order valence-electron chi connectivity index (χ1n) is 12.9. The predicted molar refractivity (Wildman–Crippen MR) is 151 cm³/mol. The van der Waals surface area contributed by atoms with Crippen molar-refractivity contribution in [3.63, 3.8) is 0 Å². The number of hydrogen-bond donors (Lipinski definition) is 2. The number of benzene rings is 3. The monoisotopic (exact) mass is 567 g/mol. The van der Waals surface area contributed by atoms with Crippen molar-refractivity contribution in [3.8, 4) is 17.2 Å². The van der Waals surface area contributed by atoms with Gasteiger partial charge in [0.1, 0.15) is 5.75 Å². The number of nitrogens with one attached hydrogen (secondary N) is 2. The lowest BCUT2D eigenvalue weighted by Gasteiger charge is -2.17. The molecule has 3 aromatic rings. The van der Waals surface area contributed by atoms with Gasteiger partial charge in [-0.05, 0) is 67.3 Å². The lowest BCUT2D eigenvalue weighted by atomic mass is 10.1. The molecular weight excluding hydrogens is 534 g/mol. The van der Waals surface area contributed by atoms with Crippen LogP contribution in [0.5, 0.6) is 17.2 Å². The Morgan fingerprint density at radius 1 is 0.800 bits per heavy atom. The molecule has 1 fully saturated rings. The molecule has 4 rings (SSSR count). The molecule has 40 heavy (non-hydrogen) atoms. The minimum absolute atomic E-state index is 0.0153. The van der Waals surface area contributed by atoms with Crippen LogP contribution in [0.15, 0.2) is 65.6 Å². The van der Waals surface area contributed by atoms with Gasteiger partial charge >= 0.3 is 0 Å². The average Bonchev–Trinajstić information content (AvgIpc) is 3.53. The number of ether oxygens (including phenoxy) is 3. The summed E-state index contributed by atoms with van der Waals surface area (Å²) in [4.78, 5) is 26.4. The van der Waals surface area contributed by atoms with Crippen LogP contribution in [0.25, 0.3) is 0 Å². The molecule has 1 aliphatic rings. The number of para-hydroxylation sites is 1. The Bertz CT molecular complexity index is 1480. The average molecular weight is 568 g/mol. The van der Waals surface area contributed by atoms with Crippen LogP contribution in [-0.4, -0.2) is 65.5 Å². The van der Waals surface area contributed by atoms with Crippen molar-refractivity contribution in [1.29, 1.82) is 0 Å². The molecule has 3 aromatic carbocycles. The molecule has 2 amide bonds. The minimum Gasteiger partial charge on any atom is -0.496 e. The molecule has 0 spiro atoms. The van der Waals surface area contributed by atoms with Crippen molar-refractivity contribution in [1.82, 2.24) is 9.62 Å². The largest absolute Gasteiger partial charge is 0.496 e. The molecule has 11 heteroatoms. The van der Waals surface area contributed by atoms with Crippen LogP contribution in [0.2, 0.25) is 0 Å². The van der Waals surface area contributed by atoms with Crippen molar-refractivity contribution in [2.75, 3.05) is 46.3 Å². The van der Waals surface area contributed by atoms with E-state index in [1.165, 1.54) is 29.6 Å². The predicted octanol–water partition coefficient (Wildman–Crippen LogP) is 3.72. The fourth-order valence-corrected chi connectivity index (χ4v) is 6.08. The van der Waals surface area contributed by atoms with Gasteiger partial charge in [-0.25, -0.2) is 8.42 Å². The van der Waals surface area contributed by atoms with E-state index in [-0.39, 0.29) is 33.4 Å². The number of anilines is 1. The molecule has 0 aliphatic carbocycles. The highest BCUT2D eigenvalue weighted by Crippen LogP contribution is 2.29. The number of rotatable bonds is 11. The van der Waals surface area contributed by atoms with E-state index in [0.29, 0.717) is 37.6 Å². The Balaban J connectivity index is 1.48. The highest BCUT2D eigenvalue weighted by molar-refractivity contribution is 7.89. The van der Waals surface area contributed by atoms with Crippen molar-refractivity contribution in [3.05, 3.63) is 77.4 Å². The molecule has 2 N–H and O–H groups in total. The van der Waals surface area contributed by atoms with Crippen LogP contribution in [0.4, 0.5) is 5.69 Å². The Kier molecular flexibility index (Phi) is 9.28. The summed E-state index contributed by atoms with van der Waals surface area (Å²) in [7, 11) is 0.795. The third-order valence-electron chi connectivity index (χ3n) is 6.69. The number of nitrogens with zero attached hydrogens (tertiary/aromatic N) is 1. The first-order chi connectivity index (χ1) is 19.3. The van der Waals surface area contributed by atoms with Crippen molar-refractivity contribution >= 4 is 27.5 Å². The van der Waals surface area contributed by atoms with Gasteiger partial charge in [0.05, 0.1) is 43.0 Å². The Labute approximate surface area is 234 Å². The Hall–Kier alpha value is -4.09. The van der Waals surface area contributed by atoms with E-state index in [2.05, 4.69) is 10.6 Å². The lowest BCUT2D eigenvalue weighted by Crippen LogP contribution is -2.28. The number of hydrogen-bond acceptors (Lipinski definition) is 7. The maximum absolute atomic E-state index is 13.3. The van der Waals surface area contributed by atoms with Crippen molar-refractivity contribution in [2.45, 2.75) is 24.2 Å². The van der Waals surface area contributed by atoms with E-state index in [9.17, 15) is 18.0 Å². The van der Waals surface area contributed by atoms with Gasteiger partial charge in [0, 0.05) is 19.6 Å². The smallest absolute Gasteiger partial charge is 0.259 e. The van der Waals surface area contributed by atoms with Gasteiger partial charge in [-0.15, -0.1) is 0 Å². The first-order valence-corrected chi connectivity index (χ1v) is 14.3. The van der Waals surface area contributed by atoms with Crippen LogP contribution in [0.3, 0.4) is 0 Å². The summed E-state index contributed by atoms with van der Waals surface area (Å²) in [6.45, 7) is 1.25. The van der Waals surface area contributed by atoms with E-state index in [1.807, 2.05) is 12.1 Å². The Morgan fingerprint density at radius 3 is 2.17 bits per heavy atom. The van der Waals surface area contributed by atoms with Gasteiger partial charge in [0.2, 0.25) is 10.0 Å². The molecule has 1 heterocycles. The van der Waals surface area contributed by atoms with E-state index in [0.717, 1.165) is 18.4 Å². The van der Waals surface area contributed by atoms with Crippen LogP contribution < -0.4 is 24.8 Å². The third-order valence-corrected chi connectivity index (χ3v) is 8.58. The second-order valence-electron chi connectivity index (χ2n) is 9.17. The van der Waals surface area contributed by atoms with E-state index >= 15 is 0 Å². The maximum Gasteiger partial charge on any atom is 0.259 e. The topological polar surface area (TPSA) is 123 Å². The van der Waals surface area contributed by atoms with Gasteiger partial charge in [0.25, 0.3) is 11.8 Å². The molecule has 0 atom stereocenters. The zero-order chi connectivity index (χ0) is 28.7. The number of carbonyl (C=O) groups excluding carboxylic acids is 2. The highest BCUT2D eigenvalue weighted by Gasteiger charge is 2.29. The summed E-state index contributed by atoms with van der Waals surface area (Å²) in [6, 6.07) is 16.4. The van der Waals surface area contributed by atoms with Crippen molar-refractivity contribution < 1.29 is 32.2 Å². The van der Waals surface area contributed by atoms with Gasteiger partial charge in [-0.3, -0.25) is 9.59 Å². The summed E-state index contributed by atoms with van der Waals surface area (Å²) < 4.78 is 43.5. The van der Waals surface area contributed by atoms with E-state index in [4.69, 9.17) is 14.2 Å². The van der Waals surface area contributed by atoms with Crippen LogP contribution in [-0.2, 0) is 16.4 Å². The summed E-state index contributed by atoms with van der Waals surface area (Å²) in [6.07, 6.45) is 2.15. The second-order valence-corrected chi connectivity index (χ2v) is 11.1. The van der Waals surface area contributed by atoms with E-state index in [1.54, 1.807) is 44.6 Å². The summed E-state index contributed by atoms with van der Waals surface area (Å²) in [5.74, 6) is 0.479. The van der Waals surface area contributed by atoms with Gasteiger partial charge in [-0.2, -0.15) is 4.31 Å². The molecule has 1 saturated heterocycles. The fraction of sp³-hybridized carbons (Fsp3) is 0.310. The molecule has 0 saturated carbocycles. The van der Waals surface area contributed by atoms with E-state index < -0.39 is 15.9 Å². The molecule has 0 unspecified atom stereocenters. The normalized spacial score (nSPS) is 13.5. The van der Waals surface area contributed by atoms with Crippen LogP contribution >= 0.6 is 0 Å². The number of methoxy groups -OCH3 is 3. The molecule has 1 aliphatic heterocycles. The quantitative estimate of drug-likeness (QED) is 0.362. The fourth-order valence-electron chi connectivity index (χ4n) is 4.53. The standard InChI is InChI=1S/C29H33N3O7S/c1-37-25-13-11-21(40(35,36)32-16-6-7-17-32)19-23(25)29(34)31-24-9-5-4-8-22(24)28(33)30-15-14-20-10-12-26(38-2)27(18-20)39-3/h4-5,8-13,18-19H,6-7,14-17H2,1-3H3,(H,30,33)(H,31,34). The Morgan fingerprint density at radius 2 is 1.48 bits per heavy atom. The molecule has 0 aromatic heterocycles. The van der Waals surface area contributed by atoms with Crippen LogP contribution in [0.1, 0.15) is 39.1 Å². The summed E-state index contributed by atoms with van der Waals surface area (Å²) in [5, 5.41) is 5.63. The number of carbonyl (C=O) groups is 2. The van der Waals surface area contributed by atoms with Crippen molar-refractivity contribution in [2.24, 2.45) is 0 Å². The minimum atomic E-state index is -3.74. The second kappa shape index (κ2) is 12.8. The summed E-state index contributed by atoms with van der Waals surface area (Å²) in [5.41, 5.74) is 1.55. The molecule has 212 valence electrons. The molecule has 0 bridgehead atoms. The van der Waals surface area contributed by atoms with Crippen LogP contribution in [0, 0.1) is 0 Å². The molecule has 10 nitrogen and oxygen atoms in total. The lowest BCUT2D eigenvalue weighted by molar-refractivity contribution is 0.0955. The van der Waals surface area contributed by atoms with Gasteiger partial charge < -0.3 is 24.8 Å².